The number of benzene rings is 1. The topological polar surface area (TPSA) is 46.1 Å². The monoisotopic (exact) mass is 309 g/mol. The smallest absolute Gasteiger partial charge is 0.265 e. The number of aromatic nitrogens is 2. The summed E-state index contributed by atoms with van der Waals surface area (Å²) < 4.78 is 0. The van der Waals surface area contributed by atoms with E-state index < -0.39 is 0 Å². The molecule has 3 rings (SSSR count). The van der Waals surface area contributed by atoms with Gasteiger partial charge < -0.3 is 4.90 Å². The first-order valence-electron chi connectivity index (χ1n) is 6.89. The molecule has 0 fully saturated rings. The van der Waals surface area contributed by atoms with Crippen molar-refractivity contribution in [1.82, 2.24) is 14.9 Å². The number of carbonyl (C=O) groups is 1. The van der Waals surface area contributed by atoms with E-state index >= 15 is 0 Å². The number of carbonyl (C=O) groups excluding carboxylic acids is 1. The van der Waals surface area contributed by atoms with Crippen molar-refractivity contribution in [2.75, 3.05) is 7.05 Å². The molecule has 0 aliphatic rings. The Morgan fingerprint density at radius 1 is 1.14 bits per heavy atom. The maximum atomic E-state index is 12.5. The summed E-state index contributed by atoms with van der Waals surface area (Å²) in [6, 6.07) is 13.7. The average Bonchev–Trinajstić information content (AvgIpc) is 3.06. The quantitative estimate of drug-likeness (QED) is 0.741. The van der Waals surface area contributed by atoms with Crippen molar-refractivity contribution in [2.24, 2.45) is 0 Å². The highest BCUT2D eigenvalue weighted by Crippen LogP contribution is 2.25. The van der Waals surface area contributed by atoms with E-state index in [1.807, 2.05) is 42.5 Å². The van der Waals surface area contributed by atoms with Crippen LogP contribution in [0.2, 0.25) is 0 Å². The predicted molar refractivity (Wildman–Crippen MR) is 87.6 cm³/mol. The lowest BCUT2D eigenvalue weighted by molar-refractivity contribution is 0.0789. The Morgan fingerprint density at radius 3 is 2.68 bits per heavy atom. The molecule has 5 heteroatoms. The Balaban J connectivity index is 1.74. The van der Waals surface area contributed by atoms with Crippen LogP contribution in [0.15, 0.2) is 61.1 Å². The van der Waals surface area contributed by atoms with Crippen LogP contribution in [0, 0.1) is 0 Å². The lowest BCUT2D eigenvalue weighted by Gasteiger charge is -2.15. The lowest BCUT2D eigenvalue weighted by Crippen LogP contribution is -2.25. The van der Waals surface area contributed by atoms with Gasteiger partial charge in [0, 0.05) is 31.5 Å². The SMILES string of the molecule is CN(Cc1cccnc1)C(=O)c1cnc(-c2ccccc2)s1. The molecule has 0 aliphatic carbocycles. The van der Waals surface area contributed by atoms with Gasteiger partial charge in [0.25, 0.3) is 5.91 Å². The summed E-state index contributed by atoms with van der Waals surface area (Å²) in [6.07, 6.45) is 5.14. The molecule has 1 amide bonds. The van der Waals surface area contributed by atoms with E-state index in [2.05, 4.69) is 9.97 Å². The van der Waals surface area contributed by atoms with Crippen LogP contribution in [-0.4, -0.2) is 27.8 Å². The molecular formula is C17H15N3OS. The standard InChI is InChI=1S/C17H15N3OS/c1-20(12-13-6-5-9-18-10-13)17(21)15-11-19-16(22-15)14-7-3-2-4-8-14/h2-11H,12H2,1H3. The molecular weight excluding hydrogens is 294 g/mol. The van der Waals surface area contributed by atoms with Crippen LogP contribution in [-0.2, 0) is 6.54 Å². The molecule has 22 heavy (non-hydrogen) atoms. The van der Waals surface area contributed by atoms with Gasteiger partial charge in [-0.1, -0.05) is 36.4 Å². The molecule has 0 radical (unpaired) electrons. The van der Waals surface area contributed by atoms with Crippen molar-refractivity contribution >= 4 is 17.2 Å². The highest BCUT2D eigenvalue weighted by molar-refractivity contribution is 7.16. The summed E-state index contributed by atoms with van der Waals surface area (Å²) in [7, 11) is 1.79. The number of amides is 1. The molecule has 0 atom stereocenters. The van der Waals surface area contributed by atoms with E-state index in [9.17, 15) is 4.79 Å². The highest BCUT2D eigenvalue weighted by Gasteiger charge is 2.16. The Labute approximate surface area is 133 Å². The van der Waals surface area contributed by atoms with Gasteiger partial charge in [-0.05, 0) is 11.6 Å². The van der Waals surface area contributed by atoms with Crippen molar-refractivity contribution < 1.29 is 4.79 Å². The third kappa shape index (κ3) is 3.20. The van der Waals surface area contributed by atoms with Crippen molar-refractivity contribution in [3.63, 3.8) is 0 Å². The molecule has 3 aromatic rings. The predicted octanol–water partition coefficient (Wildman–Crippen LogP) is 3.48. The fourth-order valence-corrected chi connectivity index (χ4v) is 3.03. The molecule has 0 aliphatic heterocycles. The first-order chi connectivity index (χ1) is 10.7. The fraction of sp³-hybridized carbons (Fsp3) is 0.118. The number of hydrogen-bond acceptors (Lipinski definition) is 4. The summed E-state index contributed by atoms with van der Waals surface area (Å²) in [5, 5.41) is 0.860. The van der Waals surface area contributed by atoms with E-state index in [-0.39, 0.29) is 5.91 Å². The minimum Gasteiger partial charge on any atom is -0.337 e. The second kappa shape index (κ2) is 6.49. The molecule has 2 aromatic heterocycles. The van der Waals surface area contributed by atoms with Crippen LogP contribution in [0.25, 0.3) is 10.6 Å². The first kappa shape index (κ1) is 14.4. The van der Waals surface area contributed by atoms with Gasteiger partial charge in [-0.3, -0.25) is 9.78 Å². The fourth-order valence-electron chi connectivity index (χ4n) is 2.11. The van der Waals surface area contributed by atoms with E-state index in [1.165, 1.54) is 11.3 Å². The van der Waals surface area contributed by atoms with E-state index in [0.29, 0.717) is 11.4 Å². The number of thiazole rings is 1. The van der Waals surface area contributed by atoms with Crippen LogP contribution < -0.4 is 0 Å². The van der Waals surface area contributed by atoms with Crippen LogP contribution in [0.4, 0.5) is 0 Å². The van der Waals surface area contributed by atoms with Crippen LogP contribution >= 0.6 is 11.3 Å². The summed E-state index contributed by atoms with van der Waals surface area (Å²) in [5.41, 5.74) is 2.03. The summed E-state index contributed by atoms with van der Waals surface area (Å²) in [6.45, 7) is 0.533. The van der Waals surface area contributed by atoms with E-state index in [4.69, 9.17) is 0 Å². The molecule has 2 heterocycles. The number of rotatable bonds is 4. The van der Waals surface area contributed by atoms with Crippen molar-refractivity contribution in [2.45, 2.75) is 6.54 Å². The molecule has 0 saturated heterocycles. The normalized spacial score (nSPS) is 10.4. The summed E-state index contributed by atoms with van der Waals surface area (Å²) >= 11 is 1.42. The Bertz CT molecular complexity index is 756. The molecule has 0 unspecified atom stereocenters. The van der Waals surface area contributed by atoms with Crippen LogP contribution in [0.1, 0.15) is 15.2 Å². The Kier molecular flexibility index (Phi) is 4.25. The highest BCUT2D eigenvalue weighted by atomic mass is 32.1. The lowest BCUT2D eigenvalue weighted by atomic mass is 10.2. The largest absolute Gasteiger partial charge is 0.337 e. The van der Waals surface area contributed by atoms with E-state index in [0.717, 1.165) is 16.1 Å². The zero-order valence-corrected chi connectivity index (χ0v) is 13.0. The third-order valence-corrected chi connectivity index (χ3v) is 4.26. The molecule has 1 aromatic carbocycles. The summed E-state index contributed by atoms with van der Waals surface area (Å²) in [4.78, 5) is 23.2. The van der Waals surface area contributed by atoms with Gasteiger partial charge in [0.1, 0.15) is 9.88 Å². The van der Waals surface area contributed by atoms with E-state index in [1.54, 1.807) is 30.5 Å². The second-order valence-electron chi connectivity index (χ2n) is 4.92. The Morgan fingerprint density at radius 2 is 1.95 bits per heavy atom. The maximum Gasteiger partial charge on any atom is 0.265 e. The van der Waals surface area contributed by atoms with Crippen molar-refractivity contribution in [3.05, 3.63) is 71.5 Å². The average molecular weight is 309 g/mol. The van der Waals surface area contributed by atoms with Crippen molar-refractivity contribution in [1.29, 1.82) is 0 Å². The molecule has 0 N–H and O–H groups in total. The number of nitrogens with zero attached hydrogens (tertiary/aromatic N) is 3. The molecule has 110 valence electrons. The second-order valence-corrected chi connectivity index (χ2v) is 5.95. The van der Waals surface area contributed by atoms with Crippen LogP contribution in [0.3, 0.4) is 0 Å². The van der Waals surface area contributed by atoms with Gasteiger partial charge in [-0.2, -0.15) is 0 Å². The zero-order valence-electron chi connectivity index (χ0n) is 12.1. The first-order valence-corrected chi connectivity index (χ1v) is 7.71. The van der Waals surface area contributed by atoms with Gasteiger partial charge >= 0.3 is 0 Å². The van der Waals surface area contributed by atoms with Gasteiger partial charge in [-0.15, -0.1) is 11.3 Å². The van der Waals surface area contributed by atoms with Gasteiger partial charge in [-0.25, -0.2) is 4.98 Å². The Hall–Kier alpha value is -2.53. The minimum atomic E-state index is -0.0245. The summed E-state index contributed by atoms with van der Waals surface area (Å²) in [5.74, 6) is -0.0245. The number of hydrogen-bond donors (Lipinski definition) is 0. The zero-order chi connectivity index (χ0) is 15.4. The molecule has 0 spiro atoms. The van der Waals surface area contributed by atoms with Crippen LogP contribution in [0.5, 0.6) is 0 Å². The minimum absolute atomic E-state index is 0.0245. The van der Waals surface area contributed by atoms with Crippen molar-refractivity contribution in [3.8, 4) is 10.6 Å². The molecule has 0 saturated carbocycles. The molecule has 0 bridgehead atoms. The van der Waals surface area contributed by atoms with Gasteiger partial charge in [0.2, 0.25) is 0 Å². The molecule has 4 nitrogen and oxygen atoms in total. The van der Waals surface area contributed by atoms with Gasteiger partial charge in [0.15, 0.2) is 0 Å². The third-order valence-electron chi connectivity index (χ3n) is 3.23. The maximum absolute atomic E-state index is 12.5. The van der Waals surface area contributed by atoms with Gasteiger partial charge in [0.05, 0.1) is 6.20 Å². The number of pyridine rings is 1.